The molecule has 3 aliphatic rings. The lowest BCUT2D eigenvalue weighted by Gasteiger charge is -2.36. The first-order valence-electron chi connectivity index (χ1n) is 12.7. The van der Waals surface area contributed by atoms with E-state index in [1.54, 1.807) is 12.0 Å². The van der Waals surface area contributed by atoms with E-state index >= 15 is 0 Å². The van der Waals surface area contributed by atoms with Crippen molar-refractivity contribution >= 4 is 29.1 Å². The van der Waals surface area contributed by atoms with Crippen LogP contribution in [0.5, 0.6) is 5.75 Å². The van der Waals surface area contributed by atoms with Crippen molar-refractivity contribution in [1.29, 1.82) is 0 Å². The van der Waals surface area contributed by atoms with E-state index < -0.39 is 0 Å². The Morgan fingerprint density at radius 2 is 1.43 bits per heavy atom. The van der Waals surface area contributed by atoms with Crippen molar-refractivity contribution < 1.29 is 14.3 Å². The molecular formula is C26H34N6O3. The summed E-state index contributed by atoms with van der Waals surface area (Å²) in [5.41, 5.74) is 0.804. The van der Waals surface area contributed by atoms with Crippen molar-refractivity contribution in [2.45, 2.75) is 32.1 Å². The highest BCUT2D eigenvalue weighted by Gasteiger charge is 2.38. The predicted octanol–water partition coefficient (Wildman–Crippen LogP) is 2.57. The van der Waals surface area contributed by atoms with E-state index in [1.165, 1.54) is 25.7 Å². The first-order valence-corrected chi connectivity index (χ1v) is 12.7. The average molecular weight is 479 g/mol. The Bertz CT molecular complexity index is 1010. The largest absolute Gasteiger partial charge is 0.497 e. The molecular weight excluding hydrogens is 444 g/mol. The van der Waals surface area contributed by atoms with E-state index in [4.69, 9.17) is 4.74 Å². The predicted molar refractivity (Wildman–Crippen MR) is 135 cm³/mol. The van der Waals surface area contributed by atoms with Crippen LogP contribution >= 0.6 is 0 Å². The van der Waals surface area contributed by atoms with Crippen LogP contribution in [0.25, 0.3) is 0 Å². The van der Waals surface area contributed by atoms with Gasteiger partial charge in [0.15, 0.2) is 11.6 Å². The highest BCUT2D eigenvalue weighted by Crippen LogP contribution is 2.28. The Labute approximate surface area is 206 Å². The Morgan fingerprint density at radius 3 is 2.00 bits per heavy atom. The van der Waals surface area contributed by atoms with Crippen molar-refractivity contribution in [1.82, 2.24) is 15.1 Å². The van der Waals surface area contributed by atoms with Crippen molar-refractivity contribution in [3.63, 3.8) is 0 Å². The van der Waals surface area contributed by atoms with Crippen LogP contribution in [-0.4, -0.2) is 79.8 Å². The van der Waals surface area contributed by atoms with E-state index in [1.807, 2.05) is 35.2 Å². The van der Waals surface area contributed by atoms with Gasteiger partial charge < -0.3 is 24.3 Å². The van der Waals surface area contributed by atoms with Gasteiger partial charge in [-0.2, -0.15) is 0 Å². The van der Waals surface area contributed by atoms with Crippen LogP contribution in [0.15, 0.2) is 36.4 Å². The summed E-state index contributed by atoms with van der Waals surface area (Å²) < 4.78 is 5.20. The summed E-state index contributed by atoms with van der Waals surface area (Å²) >= 11 is 0. The third-order valence-corrected chi connectivity index (χ3v) is 7.34. The normalized spacial score (nSPS) is 21.3. The van der Waals surface area contributed by atoms with Gasteiger partial charge in [0, 0.05) is 57.9 Å². The molecule has 5 rings (SSSR count). The summed E-state index contributed by atoms with van der Waals surface area (Å²) in [6.45, 7) is 5.21. The molecule has 0 saturated carbocycles. The maximum atomic E-state index is 13.2. The first-order chi connectivity index (χ1) is 17.1. The summed E-state index contributed by atoms with van der Waals surface area (Å²) in [5.74, 6) is 2.31. The van der Waals surface area contributed by atoms with E-state index in [0.29, 0.717) is 32.7 Å². The van der Waals surface area contributed by atoms with Crippen molar-refractivity contribution in [3.05, 3.63) is 36.4 Å². The lowest BCUT2D eigenvalue weighted by molar-refractivity contribution is -0.136. The molecule has 186 valence electrons. The Morgan fingerprint density at radius 1 is 0.829 bits per heavy atom. The number of carbonyl (C=O) groups is 2. The summed E-state index contributed by atoms with van der Waals surface area (Å²) in [5, 5.41) is 8.99. The van der Waals surface area contributed by atoms with Crippen molar-refractivity contribution in [3.8, 4) is 5.75 Å². The van der Waals surface area contributed by atoms with Crippen LogP contribution in [0.1, 0.15) is 32.1 Å². The second-order valence-corrected chi connectivity index (χ2v) is 9.57. The maximum Gasteiger partial charge on any atom is 0.228 e. The Hall–Kier alpha value is -3.36. The van der Waals surface area contributed by atoms with Crippen LogP contribution in [0.4, 0.5) is 17.3 Å². The van der Waals surface area contributed by atoms with Gasteiger partial charge in [-0.15, -0.1) is 10.2 Å². The molecule has 9 nitrogen and oxygen atoms in total. The fraction of sp³-hybridized carbons (Fsp3) is 0.538. The van der Waals surface area contributed by atoms with E-state index in [9.17, 15) is 9.59 Å². The molecule has 9 heteroatoms. The van der Waals surface area contributed by atoms with Gasteiger partial charge in [-0.1, -0.05) is 12.8 Å². The molecule has 1 aromatic heterocycles. The molecule has 3 fully saturated rings. The SMILES string of the molecule is COc1ccc(N2CC(C(=O)N3CCN(c4ccc(N5CCCCCC5)nn4)CC3)CC2=O)cc1. The highest BCUT2D eigenvalue weighted by atomic mass is 16.5. The van der Waals surface area contributed by atoms with Gasteiger partial charge in [-0.05, 0) is 49.2 Å². The van der Waals surface area contributed by atoms with Gasteiger partial charge in [0.25, 0.3) is 0 Å². The van der Waals surface area contributed by atoms with Crippen LogP contribution in [0.2, 0.25) is 0 Å². The quantitative estimate of drug-likeness (QED) is 0.653. The van der Waals surface area contributed by atoms with Gasteiger partial charge in [-0.3, -0.25) is 9.59 Å². The number of rotatable bonds is 5. The Balaban J connectivity index is 1.14. The third kappa shape index (κ3) is 5.18. The van der Waals surface area contributed by atoms with Crippen molar-refractivity contribution in [2.75, 3.05) is 67.6 Å². The summed E-state index contributed by atoms with van der Waals surface area (Å²) in [6, 6.07) is 11.5. The molecule has 0 bridgehead atoms. The van der Waals surface area contributed by atoms with Gasteiger partial charge in [0.05, 0.1) is 13.0 Å². The van der Waals surface area contributed by atoms with E-state index in [2.05, 4.69) is 26.1 Å². The molecule has 2 amide bonds. The van der Waals surface area contributed by atoms with Crippen molar-refractivity contribution in [2.24, 2.45) is 5.92 Å². The van der Waals surface area contributed by atoms with Gasteiger partial charge in [0.1, 0.15) is 5.75 Å². The molecule has 1 aromatic carbocycles. The molecule has 2 aromatic rings. The number of nitrogens with zero attached hydrogens (tertiary/aromatic N) is 6. The molecule has 0 aliphatic carbocycles. The smallest absolute Gasteiger partial charge is 0.228 e. The number of carbonyl (C=O) groups excluding carboxylic acids is 2. The zero-order chi connectivity index (χ0) is 24.2. The van der Waals surface area contributed by atoms with Gasteiger partial charge in [-0.25, -0.2) is 0 Å². The topological polar surface area (TPSA) is 82.1 Å². The van der Waals surface area contributed by atoms with E-state index in [0.717, 1.165) is 36.2 Å². The van der Waals surface area contributed by atoms with Crippen LogP contribution in [0, 0.1) is 5.92 Å². The fourth-order valence-electron chi connectivity index (χ4n) is 5.25. The number of anilines is 3. The van der Waals surface area contributed by atoms with Gasteiger partial charge >= 0.3 is 0 Å². The second kappa shape index (κ2) is 10.5. The van der Waals surface area contributed by atoms with E-state index in [-0.39, 0.29) is 24.2 Å². The minimum absolute atomic E-state index is 0.00748. The number of hydrogen-bond donors (Lipinski definition) is 0. The molecule has 0 spiro atoms. The molecule has 1 atom stereocenters. The van der Waals surface area contributed by atoms with Crippen LogP contribution in [-0.2, 0) is 9.59 Å². The zero-order valence-corrected chi connectivity index (χ0v) is 20.4. The maximum absolute atomic E-state index is 13.2. The zero-order valence-electron chi connectivity index (χ0n) is 20.4. The number of methoxy groups -OCH3 is 1. The number of hydrogen-bond acceptors (Lipinski definition) is 7. The van der Waals surface area contributed by atoms with Gasteiger partial charge in [0.2, 0.25) is 11.8 Å². The third-order valence-electron chi connectivity index (χ3n) is 7.34. The monoisotopic (exact) mass is 478 g/mol. The number of ether oxygens (including phenoxy) is 1. The number of benzene rings is 1. The minimum Gasteiger partial charge on any atom is -0.497 e. The molecule has 35 heavy (non-hydrogen) atoms. The minimum atomic E-state index is -0.302. The highest BCUT2D eigenvalue weighted by molar-refractivity contribution is 6.00. The lowest BCUT2D eigenvalue weighted by atomic mass is 10.1. The standard InChI is InChI=1S/C26H34N6O3/c1-35-22-8-6-21(7-9-22)32-19-20(18-25(32)33)26(34)31-16-14-30(15-17-31)24-11-10-23(27-28-24)29-12-4-2-3-5-13-29/h6-11,20H,2-5,12-19H2,1H3. The Kier molecular flexibility index (Phi) is 7.01. The molecule has 3 saturated heterocycles. The fourth-order valence-corrected chi connectivity index (χ4v) is 5.25. The molecule has 0 N–H and O–H groups in total. The summed E-state index contributed by atoms with van der Waals surface area (Å²) in [6.07, 6.45) is 5.27. The molecule has 3 aliphatic heterocycles. The average Bonchev–Trinajstić information content (AvgIpc) is 3.11. The number of amides is 2. The molecule has 4 heterocycles. The van der Waals surface area contributed by atoms with Crippen LogP contribution in [0.3, 0.4) is 0 Å². The molecule has 1 unspecified atom stereocenters. The molecule has 0 radical (unpaired) electrons. The number of piperazine rings is 1. The first kappa shape index (κ1) is 23.4. The number of aromatic nitrogens is 2. The summed E-state index contributed by atoms with van der Waals surface area (Å²) in [7, 11) is 1.61. The second-order valence-electron chi connectivity index (χ2n) is 9.57. The summed E-state index contributed by atoms with van der Waals surface area (Å²) in [4.78, 5) is 33.9. The van der Waals surface area contributed by atoms with Crippen LogP contribution < -0.4 is 19.4 Å². The lowest BCUT2D eigenvalue weighted by Crippen LogP contribution is -2.51.